The predicted molar refractivity (Wildman–Crippen MR) is 66.7 cm³/mol. The fourth-order valence-electron chi connectivity index (χ4n) is 3.08. The van der Waals surface area contributed by atoms with Gasteiger partial charge < -0.3 is 9.64 Å². The van der Waals surface area contributed by atoms with E-state index in [2.05, 4.69) is 16.8 Å². The zero-order valence-electron chi connectivity index (χ0n) is 10.6. The van der Waals surface area contributed by atoms with Crippen molar-refractivity contribution in [2.24, 2.45) is 5.92 Å². The Kier molecular flexibility index (Phi) is 3.84. The van der Waals surface area contributed by atoms with E-state index in [4.69, 9.17) is 4.74 Å². The smallest absolute Gasteiger partial charge is 0.327 e. The van der Waals surface area contributed by atoms with Gasteiger partial charge in [0.2, 0.25) is 0 Å². The van der Waals surface area contributed by atoms with E-state index in [1.165, 1.54) is 0 Å². The maximum atomic E-state index is 12.3. The minimum atomic E-state index is -0.499. The van der Waals surface area contributed by atoms with Crippen LogP contribution in [0.4, 0.5) is 0 Å². The summed E-state index contributed by atoms with van der Waals surface area (Å²) < 4.78 is 5.27. The van der Waals surface area contributed by atoms with E-state index in [0.717, 1.165) is 32.5 Å². The minimum absolute atomic E-state index is 0.0868. The summed E-state index contributed by atoms with van der Waals surface area (Å²) in [4.78, 5) is 14.6. The van der Waals surface area contributed by atoms with E-state index in [-0.39, 0.29) is 5.97 Å². The number of piperidine rings is 3. The Morgan fingerprint density at radius 3 is 2.76 bits per heavy atom. The zero-order valence-corrected chi connectivity index (χ0v) is 10.6. The van der Waals surface area contributed by atoms with Crippen LogP contribution in [0.1, 0.15) is 19.8 Å². The van der Waals surface area contributed by atoms with Gasteiger partial charge in [0.1, 0.15) is 5.54 Å². The van der Waals surface area contributed by atoms with Crippen molar-refractivity contribution in [3.05, 3.63) is 12.7 Å². The Bertz CT molecular complexity index is 298. The molecule has 1 atom stereocenters. The molecule has 0 aromatic rings. The summed E-state index contributed by atoms with van der Waals surface area (Å²) in [5.41, 5.74) is -0.499. The van der Waals surface area contributed by atoms with Crippen LogP contribution in [0.25, 0.3) is 0 Å². The normalized spacial score (nSPS) is 35.6. The van der Waals surface area contributed by atoms with Gasteiger partial charge in [-0.2, -0.15) is 0 Å². The van der Waals surface area contributed by atoms with Gasteiger partial charge >= 0.3 is 5.97 Å². The molecule has 3 fully saturated rings. The molecule has 0 spiro atoms. The second-order valence-corrected chi connectivity index (χ2v) is 4.91. The highest BCUT2D eigenvalue weighted by atomic mass is 16.5. The summed E-state index contributed by atoms with van der Waals surface area (Å²) in [6, 6.07) is 0. The quantitative estimate of drug-likeness (QED) is 0.568. The summed E-state index contributed by atoms with van der Waals surface area (Å²) in [7, 11) is 0. The average molecular weight is 238 g/mol. The Balaban J connectivity index is 2.17. The van der Waals surface area contributed by atoms with Crippen LogP contribution in [0.2, 0.25) is 0 Å². The van der Waals surface area contributed by atoms with Crippen LogP contribution in [0, 0.1) is 5.92 Å². The van der Waals surface area contributed by atoms with E-state index in [0.29, 0.717) is 19.1 Å². The zero-order chi connectivity index (χ0) is 12.3. The molecule has 0 amide bonds. The van der Waals surface area contributed by atoms with E-state index in [9.17, 15) is 4.79 Å². The fraction of sp³-hybridized carbons (Fsp3) is 0.769. The molecule has 96 valence electrons. The van der Waals surface area contributed by atoms with Crippen LogP contribution in [-0.4, -0.2) is 49.2 Å². The topological polar surface area (TPSA) is 41.6 Å². The van der Waals surface area contributed by atoms with Crippen molar-refractivity contribution in [3.8, 4) is 0 Å². The molecule has 0 aliphatic carbocycles. The predicted octanol–water partition coefficient (Wildman–Crippen LogP) is 0.789. The second kappa shape index (κ2) is 5.19. The molecule has 3 saturated heterocycles. The summed E-state index contributed by atoms with van der Waals surface area (Å²) >= 11 is 0. The van der Waals surface area contributed by atoms with Crippen molar-refractivity contribution in [2.45, 2.75) is 25.3 Å². The van der Waals surface area contributed by atoms with Gasteiger partial charge in [-0.3, -0.25) is 5.32 Å². The van der Waals surface area contributed by atoms with Gasteiger partial charge in [0.15, 0.2) is 0 Å². The lowest BCUT2D eigenvalue weighted by atomic mass is 9.72. The number of hydrogen-bond donors (Lipinski definition) is 1. The number of nitrogens with zero attached hydrogens (tertiary/aromatic N) is 1. The molecule has 0 radical (unpaired) electrons. The van der Waals surface area contributed by atoms with E-state index in [1.54, 1.807) is 6.08 Å². The largest absolute Gasteiger partial charge is 0.465 e. The molecule has 0 saturated carbocycles. The fourth-order valence-corrected chi connectivity index (χ4v) is 3.08. The highest BCUT2D eigenvalue weighted by Crippen LogP contribution is 2.36. The molecule has 1 unspecified atom stereocenters. The van der Waals surface area contributed by atoms with Crippen LogP contribution in [0.3, 0.4) is 0 Å². The van der Waals surface area contributed by atoms with E-state index >= 15 is 0 Å². The van der Waals surface area contributed by atoms with Crippen molar-refractivity contribution >= 4 is 5.97 Å². The van der Waals surface area contributed by atoms with Crippen molar-refractivity contribution in [1.82, 2.24) is 10.2 Å². The van der Waals surface area contributed by atoms with Gasteiger partial charge in [-0.25, -0.2) is 4.79 Å². The number of nitrogens with one attached hydrogen (secondary N) is 1. The van der Waals surface area contributed by atoms with Crippen LogP contribution in [0.15, 0.2) is 12.7 Å². The van der Waals surface area contributed by atoms with Crippen LogP contribution < -0.4 is 5.32 Å². The number of ether oxygens (including phenoxy) is 1. The van der Waals surface area contributed by atoms with Gasteiger partial charge in [0.25, 0.3) is 0 Å². The monoisotopic (exact) mass is 238 g/mol. The first-order valence-electron chi connectivity index (χ1n) is 6.48. The Morgan fingerprint density at radius 2 is 2.29 bits per heavy atom. The molecule has 3 aliphatic heterocycles. The van der Waals surface area contributed by atoms with Crippen molar-refractivity contribution in [2.75, 3.05) is 32.8 Å². The third-order valence-electron chi connectivity index (χ3n) is 3.96. The first-order chi connectivity index (χ1) is 8.23. The lowest BCUT2D eigenvalue weighted by Gasteiger charge is -2.51. The standard InChI is InChI=1S/C13H22N2O2/c1-3-7-14-13(12(16)17-4-2)10-15-8-5-11(13)6-9-15/h3,11,14H,1,4-10H2,2H3. The Morgan fingerprint density at radius 1 is 1.59 bits per heavy atom. The molecule has 1 N–H and O–H groups in total. The SMILES string of the molecule is C=CCNC1(C(=O)OCC)CN2CCC1CC2. The lowest BCUT2D eigenvalue weighted by Crippen LogP contribution is -2.70. The minimum Gasteiger partial charge on any atom is -0.465 e. The molecule has 0 aromatic carbocycles. The Hall–Kier alpha value is -0.870. The van der Waals surface area contributed by atoms with Crippen molar-refractivity contribution in [1.29, 1.82) is 0 Å². The molecule has 3 heterocycles. The van der Waals surface area contributed by atoms with Crippen LogP contribution in [-0.2, 0) is 9.53 Å². The second-order valence-electron chi connectivity index (χ2n) is 4.91. The van der Waals surface area contributed by atoms with Crippen LogP contribution >= 0.6 is 0 Å². The molecule has 4 heteroatoms. The van der Waals surface area contributed by atoms with Gasteiger partial charge in [-0.1, -0.05) is 6.08 Å². The highest BCUT2D eigenvalue weighted by molar-refractivity contribution is 5.82. The van der Waals surface area contributed by atoms with E-state index < -0.39 is 5.54 Å². The first kappa shape index (κ1) is 12.6. The first-order valence-corrected chi connectivity index (χ1v) is 6.48. The van der Waals surface area contributed by atoms with Gasteiger partial charge in [-0.15, -0.1) is 6.58 Å². The van der Waals surface area contributed by atoms with Gasteiger partial charge in [0.05, 0.1) is 6.61 Å². The molecule has 17 heavy (non-hydrogen) atoms. The van der Waals surface area contributed by atoms with Crippen molar-refractivity contribution < 1.29 is 9.53 Å². The summed E-state index contributed by atoms with van der Waals surface area (Å²) in [6.45, 7) is 9.69. The molecule has 4 nitrogen and oxygen atoms in total. The molecule has 3 aliphatic rings. The molecule has 2 bridgehead atoms. The number of hydrogen-bond acceptors (Lipinski definition) is 4. The van der Waals surface area contributed by atoms with Crippen molar-refractivity contribution in [3.63, 3.8) is 0 Å². The molecular formula is C13H22N2O2. The van der Waals surface area contributed by atoms with E-state index in [1.807, 2.05) is 6.92 Å². The Labute approximate surface area is 103 Å². The van der Waals surface area contributed by atoms with Gasteiger partial charge in [-0.05, 0) is 38.8 Å². The number of carbonyl (C=O) groups excluding carboxylic acids is 1. The summed E-state index contributed by atoms with van der Waals surface area (Å²) in [5, 5.41) is 3.37. The van der Waals surface area contributed by atoms with Gasteiger partial charge in [0, 0.05) is 13.1 Å². The third-order valence-corrected chi connectivity index (χ3v) is 3.96. The number of carbonyl (C=O) groups is 1. The molecule has 3 rings (SSSR count). The lowest BCUT2D eigenvalue weighted by molar-refractivity contribution is -0.160. The number of rotatable bonds is 5. The number of fused-ring (bicyclic) bond motifs is 3. The molecular weight excluding hydrogens is 216 g/mol. The maximum absolute atomic E-state index is 12.3. The van der Waals surface area contributed by atoms with Crippen LogP contribution in [0.5, 0.6) is 0 Å². The average Bonchev–Trinajstić information content (AvgIpc) is 2.38. The number of esters is 1. The highest BCUT2D eigenvalue weighted by Gasteiger charge is 2.52. The maximum Gasteiger partial charge on any atom is 0.327 e. The molecule has 0 aromatic heterocycles. The third kappa shape index (κ3) is 2.24. The summed E-state index contributed by atoms with van der Waals surface area (Å²) in [6.07, 6.45) is 3.98. The summed E-state index contributed by atoms with van der Waals surface area (Å²) in [5.74, 6) is 0.322.